The van der Waals surface area contributed by atoms with E-state index in [4.69, 9.17) is 22.2 Å². The zero-order chi connectivity index (χ0) is 13.8. The van der Waals surface area contributed by atoms with Gasteiger partial charge in [-0.3, -0.25) is 10.5 Å². The van der Waals surface area contributed by atoms with Crippen molar-refractivity contribution in [3.8, 4) is 0 Å². The second-order valence-corrected chi connectivity index (χ2v) is 5.14. The Kier molecular flexibility index (Phi) is 5.59. The second kappa shape index (κ2) is 6.52. The van der Waals surface area contributed by atoms with Crippen LogP contribution in [0.5, 0.6) is 0 Å². The van der Waals surface area contributed by atoms with Crippen LogP contribution in [-0.2, 0) is 11.3 Å². The van der Waals surface area contributed by atoms with Gasteiger partial charge < -0.3 is 4.74 Å². The molecule has 0 aliphatic rings. The smallest absolute Gasteiger partial charge is 0.0928 e. The zero-order valence-corrected chi connectivity index (χ0v) is 12.3. The molecule has 0 amide bonds. The molecule has 0 spiro atoms. The van der Waals surface area contributed by atoms with Crippen LogP contribution in [0.1, 0.15) is 45.9 Å². The number of aryl methyl sites for hydroxylation is 1. The highest BCUT2D eigenvalue weighted by atomic mass is 35.5. The number of aromatic nitrogens is 2. The summed E-state index contributed by atoms with van der Waals surface area (Å²) in [5, 5.41) is 4.89. The number of hydrogen-bond acceptors (Lipinski definition) is 4. The predicted molar refractivity (Wildman–Crippen MR) is 73.3 cm³/mol. The number of nitrogens with zero attached hydrogens (tertiary/aromatic N) is 2. The average molecular weight is 275 g/mol. The van der Waals surface area contributed by atoms with E-state index in [0.717, 1.165) is 18.7 Å². The lowest BCUT2D eigenvalue weighted by Crippen LogP contribution is -2.45. The molecule has 0 fully saturated rings. The third kappa shape index (κ3) is 3.23. The van der Waals surface area contributed by atoms with Crippen molar-refractivity contribution in [1.29, 1.82) is 0 Å². The quantitative estimate of drug-likeness (QED) is 0.591. The molecule has 6 heteroatoms. The maximum Gasteiger partial charge on any atom is 0.0928 e. The van der Waals surface area contributed by atoms with Gasteiger partial charge in [-0.05, 0) is 27.2 Å². The number of nitrogens with one attached hydrogen (secondary N) is 1. The molecule has 18 heavy (non-hydrogen) atoms. The number of halogens is 1. The van der Waals surface area contributed by atoms with Crippen LogP contribution in [0.2, 0.25) is 5.02 Å². The van der Waals surface area contributed by atoms with Crippen molar-refractivity contribution < 1.29 is 4.74 Å². The van der Waals surface area contributed by atoms with Gasteiger partial charge in [-0.25, -0.2) is 5.43 Å². The van der Waals surface area contributed by atoms with E-state index in [-0.39, 0.29) is 6.04 Å². The Bertz CT molecular complexity index is 378. The molecule has 0 radical (unpaired) electrons. The Hall–Kier alpha value is -0.620. The fourth-order valence-corrected chi connectivity index (χ4v) is 2.36. The molecule has 1 unspecified atom stereocenters. The Labute approximate surface area is 114 Å². The Morgan fingerprint density at radius 2 is 2.22 bits per heavy atom. The van der Waals surface area contributed by atoms with Crippen molar-refractivity contribution in [3.63, 3.8) is 0 Å². The summed E-state index contributed by atoms with van der Waals surface area (Å²) in [7, 11) is 0. The first kappa shape index (κ1) is 15.4. The van der Waals surface area contributed by atoms with Crippen LogP contribution >= 0.6 is 11.6 Å². The molecule has 5 nitrogen and oxygen atoms in total. The van der Waals surface area contributed by atoms with Gasteiger partial charge in [-0.1, -0.05) is 18.5 Å². The summed E-state index contributed by atoms with van der Waals surface area (Å²) in [5.41, 5.74) is 3.21. The number of nitrogens with two attached hydrogens (primary N) is 1. The largest absolute Gasteiger partial charge is 0.374 e. The molecule has 0 aliphatic heterocycles. The zero-order valence-electron chi connectivity index (χ0n) is 11.5. The van der Waals surface area contributed by atoms with Gasteiger partial charge in [0, 0.05) is 13.2 Å². The van der Waals surface area contributed by atoms with Crippen molar-refractivity contribution in [3.05, 3.63) is 16.9 Å². The van der Waals surface area contributed by atoms with Gasteiger partial charge in [0.15, 0.2) is 0 Å². The SMILES string of the molecule is CCCn1ncc(Cl)c1C(NN)C(C)(C)OCC. The van der Waals surface area contributed by atoms with Crippen molar-refractivity contribution >= 4 is 11.6 Å². The topological polar surface area (TPSA) is 65.1 Å². The lowest BCUT2D eigenvalue weighted by molar-refractivity contribution is -0.0412. The molecular weight excluding hydrogens is 252 g/mol. The highest BCUT2D eigenvalue weighted by molar-refractivity contribution is 6.31. The summed E-state index contributed by atoms with van der Waals surface area (Å²) >= 11 is 6.23. The van der Waals surface area contributed by atoms with Crippen LogP contribution < -0.4 is 11.3 Å². The molecular formula is C12H23ClN4O. The van der Waals surface area contributed by atoms with E-state index in [1.807, 2.05) is 25.5 Å². The molecule has 0 aromatic carbocycles. The molecule has 0 bridgehead atoms. The van der Waals surface area contributed by atoms with E-state index in [0.29, 0.717) is 11.6 Å². The molecule has 1 heterocycles. The molecule has 3 N–H and O–H groups in total. The van der Waals surface area contributed by atoms with Gasteiger partial charge in [-0.2, -0.15) is 5.10 Å². The number of hydrogen-bond donors (Lipinski definition) is 2. The minimum Gasteiger partial charge on any atom is -0.374 e. The minimum absolute atomic E-state index is 0.209. The standard InChI is InChI=1S/C12H23ClN4O/c1-5-7-17-10(9(13)8-15-17)11(16-14)12(3,4)18-6-2/h8,11,16H,5-7,14H2,1-4H3. The van der Waals surface area contributed by atoms with Gasteiger partial charge in [-0.15, -0.1) is 0 Å². The maximum atomic E-state index is 6.23. The van der Waals surface area contributed by atoms with Crippen molar-refractivity contribution in [2.45, 2.75) is 52.3 Å². The van der Waals surface area contributed by atoms with E-state index in [1.165, 1.54) is 0 Å². The van der Waals surface area contributed by atoms with Crippen molar-refractivity contribution in [1.82, 2.24) is 15.2 Å². The molecule has 1 aromatic heterocycles. The summed E-state index contributed by atoms with van der Waals surface area (Å²) in [6.07, 6.45) is 2.64. The minimum atomic E-state index is -0.460. The monoisotopic (exact) mass is 274 g/mol. The summed E-state index contributed by atoms with van der Waals surface area (Å²) in [6.45, 7) is 9.45. The first-order valence-electron chi connectivity index (χ1n) is 6.29. The molecule has 1 atom stereocenters. The van der Waals surface area contributed by atoms with Gasteiger partial charge in [0.05, 0.1) is 28.6 Å². The summed E-state index contributed by atoms with van der Waals surface area (Å²) in [5.74, 6) is 5.68. The van der Waals surface area contributed by atoms with Crippen LogP contribution in [0.15, 0.2) is 6.20 Å². The highest BCUT2D eigenvalue weighted by Gasteiger charge is 2.34. The molecule has 104 valence electrons. The third-order valence-electron chi connectivity index (χ3n) is 2.92. The summed E-state index contributed by atoms with van der Waals surface area (Å²) in [6, 6.07) is -0.209. The second-order valence-electron chi connectivity index (χ2n) is 4.74. The molecule has 0 aliphatic carbocycles. The third-order valence-corrected chi connectivity index (χ3v) is 3.21. The van der Waals surface area contributed by atoms with Gasteiger partial charge in [0.2, 0.25) is 0 Å². The van der Waals surface area contributed by atoms with E-state index in [1.54, 1.807) is 6.20 Å². The Balaban J connectivity index is 3.11. The number of ether oxygens (including phenoxy) is 1. The molecule has 0 saturated heterocycles. The number of hydrazine groups is 1. The van der Waals surface area contributed by atoms with E-state index in [2.05, 4.69) is 17.4 Å². The van der Waals surface area contributed by atoms with Gasteiger partial charge in [0.25, 0.3) is 0 Å². The lowest BCUT2D eigenvalue weighted by Gasteiger charge is -2.34. The van der Waals surface area contributed by atoms with Crippen LogP contribution in [0, 0.1) is 0 Å². The predicted octanol–water partition coefficient (Wildman–Crippen LogP) is 2.27. The fraction of sp³-hybridized carbons (Fsp3) is 0.750. The van der Waals surface area contributed by atoms with E-state index in [9.17, 15) is 0 Å². The van der Waals surface area contributed by atoms with Crippen LogP contribution in [-0.4, -0.2) is 22.0 Å². The highest BCUT2D eigenvalue weighted by Crippen LogP contribution is 2.32. The summed E-state index contributed by atoms with van der Waals surface area (Å²) in [4.78, 5) is 0. The molecule has 1 rings (SSSR count). The first-order chi connectivity index (χ1) is 8.47. The fourth-order valence-electron chi connectivity index (χ4n) is 2.11. The van der Waals surface area contributed by atoms with Crippen LogP contribution in [0.25, 0.3) is 0 Å². The molecule has 1 aromatic rings. The normalized spacial score (nSPS) is 13.9. The van der Waals surface area contributed by atoms with E-state index < -0.39 is 5.60 Å². The van der Waals surface area contributed by atoms with Crippen LogP contribution in [0.4, 0.5) is 0 Å². The Morgan fingerprint density at radius 3 is 2.72 bits per heavy atom. The van der Waals surface area contributed by atoms with Gasteiger partial charge in [0.1, 0.15) is 0 Å². The lowest BCUT2D eigenvalue weighted by atomic mass is 9.96. The summed E-state index contributed by atoms with van der Waals surface area (Å²) < 4.78 is 7.63. The van der Waals surface area contributed by atoms with Gasteiger partial charge >= 0.3 is 0 Å². The Morgan fingerprint density at radius 1 is 1.56 bits per heavy atom. The van der Waals surface area contributed by atoms with E-state index >= 15 is 0 Å². The van der Waals surface area contributed by atoms with Crippen molar-refractivity contribution in [2.75, 3.05) is 6.61 Å². The number of rotatable bonds is 7. The van der Waals surface area contributed by atoms with Crippen molar-refractivity contribution in [2.24, 2.45) is 5.84 Å². The van der Waals surface area contributed by atoms with Crippen LogP contribution in [0.3, 0.4) is 0 Å². The first-order valence-corrected chi connectivity index (χ1v) is 6.67. The maximum absolute atomic E-state index is 6.23. The molecule has 0 saturated carbocycles. The average Bonchev–Trinajstić information content (AvgIpc) is 2.63.